The van der Waals surface area contributed by atoms with Gasteiger partial charge in [0, 0.05) is 35.7 Å². The Morgan fingerprint density at radius 2 is 2.11 bits per heavy atom. The summed E-state index contributed by atoms with van der Waals surface area (Å²) < 4.78 is 2.00. The monoisotopic (exact) mass is 271 g/mol. The van der Waals surface area contributed by atoms with Crippen LogP contribution in [0.25, 0.3) is 16.8 Å². The van der Waals surface area contributed by atoms with Gasteiger partial charge in [-0.3, -0.25) is 0 Å². The van der Waals surface area contributed by atoms with Crippen LogP contribution in [0.3, 0.4) is 0 Å². The van der Waals surface area contributed by atoms with Crippen molar-refractivity contribution in [2.24, 2.45) is 5.73 Å². The predicted octanol–water partition coefficient (Wildman–Crippen LogP) is 3.42. The average Bonchev–Trinajstić information content (AvgIpc) is 2.84. The number of aryl methyl sites for hydroxylation is 1. The number of fused-ring (bicyclic) bond motifs is 1. The van der Waals surface area contributed by atoms with Crippen LogP contribution in [-0.2, 0) is 6.54 Å². The molecular weight excluding hydrogens is 258 g/mol. The van der Waals surface area contributed by atoms with Crippen molar-refractivity contribution in [3.63, 3.8) is 0 Å². The summed E-state index contributed by atoms with van der Waals surface area (Å²) in [5.74, 6) is 0. The summed E-state index contributed by atoms with van der Waals surface area (Å²) in [6, 6.07) is 7.94. The molecule has 4 heteroatoms. The van der Waals surface area contributed by atoms with Crippen LogP contribution in [0.1, 0.15) is 11.1 Å². The number of aromatic nitrogens is 2. The van der Waals surface area contributed by atoms with Gasteiger partial charge in [-0.05, 0) is 41.8 Å². The number of hydrogen-bond acceptors (Lipinski definition) is 2. The van der Waals surface area contributed by atoms with Crippen LogP contribution in [0, 0.1) is 6.92 Å². The second-order valence-corrected chi connectivity index (χ2v) is 5.00. The summed E-state index contributed by atoms with van der Waals surface area (Å²) in [7, 11) is 0. The fourth-order valence-electron chi connectivity index (χ4n) is 2.34. The highest BCUT2D eigenvalue weighted by atomic mass is 35.5. The molecular formula is C15H14ClN3. The number of pyridine rings is 1. The van der Waals surface area contributed by atoms with E-state index in [1.165, 1.54) is 0 Å². The minimum Gasteiger partial charge on any atom is -0.326 e. The highest BCUT2D eigenvalue weighted by Crippen LogP contribution is 2.29. The van der Waals surface area contributed by atoms with Gasteiger partial charge in [0.05, 0.1) is 0 Å². The molecule has 0 radical (unpaired) electrons. The second-order valence-electron chi connectivity index (χ2n) is 4.57. The third kappa shape index (κ3) is 2.11. The van der Waals surface area contributed by atoms with Gasteiger partial charge in [0.2, 0.25) is 0 Å². The number of nitrogens with zero attached hydrogens (tertiary/aromatic N) is 2. The van der Waals surface area contributed by atoms with E-state index >= 15 is 0 Å². The maximum atomic E-state index is 6.02. The maximum Gasteiger partial charge on any atom is 0.136 e. The van der Waals surface area contributed by atoms with Gasteiger partial charge in [-0.25, -0.2) is 4.98 Å². The molecule has 0 saturated carbocycles. The first-order chi connectivity index (χ1) is 9.19. The SMILES string of the molecule is Cc1cc(Cl)ccc1-c1cn2ccnc2cc1CN. The molecule has 0 aliphatic rings. The van der Waals surface area contributed by atoms with Gasteiger partial charge in [-0.2, -0.15) is 0 Å². The van der Waals surface area contributed by atoms with Gasteiger partial charge in [-0.15, -0.1) is 0 Å². The van der Waals surface area contributed by atoms with Crippen molar-refractivity contribution in [2.75, 3.05) is 0 Å². The molecule has 1 aromatic carbocycles. The van der Waals surface area contributed by atoms with Crippen molar-refractivity contribution in [1.82, 2.24) is 9.38 Å². The first kappa shape index (κ1) is 12.2. The van der Waals surface area contributed by atoms with E-state index in [0.29, 0.717) is 6.54 Å². The number of nitrogens with two attached hydrogens (primary N) is 1. The van der Waals surface area contributed by atoms with E-state index in [-0.39, 0.29) is 0 Å². The van der Waals surface area contributed by atoms with Crippen molar-refractivity contribution in [3.8, 4) is 11.1 Å². The normalized spacial score (nSPS) is 11.1. The van der Waals surface area contributed by atoms with Crippen LogP contribution >= 0.6 is 11.6 Å². The molecule has 0 spiro atoms. The molecule has 3 aromatic rings. The molecule has 2 N–H and O–H groups in total. The molecule has 0 unspecified atom stereocenters. The Kier molecular flexibility index (Phi) is 3.01. The molecule has 0 aliphatic carbocycles. The Balaban J connectivity index is 2.27. The summed E-state index contributed by atoms with van der Waals surface area (Å²) in [6.45, 7) is 2.54. The fraction of sp³-hybridized carbons (Fsp3) is 0.133. The highest BCUT2D eigenvalue weighted by Gasteiger charge is 2.09. The summed E-state index contributed by atoms with van der Waals surface area (Å²) in [4.78, 5) is 4.28. The summed E-state index contributed by atoms with van der Waals surface area (Å²) in [6.07, 6.45) is 5.79. The smallest absolute Gasteiger partial charge is 0.136 e. The first-order valence-electron chi connectivity index (χ1n) is 6.11. The lowest BCUT2D eigenvalue weighted by Crippen LogP contribution is -2.02. The van der Waals surface area contributed by atoms with E-state index in [1.807, 2.05) is 34.9 Å². The third-order valence-electron chi connectivity index (χ3n) is 3.31. The zero-order chi connectivity index (χ0) is 13.4. The molecule has 0 aliphatic heterocycles. The number of imidazole rings is 1. The van der Waals surface area contributed by atoms with Crippen molar-refractivity contribution in [3.05, 3.63) is 59.0 Å². The standard InChI is InChI=1S/C15H14ClN3/c1-10-6-12(16)2-3-13(10)14-9-19-5-4-18-15(19)7-11(14)8-17/h2-7,9H,8,17H2,1H3. The molecule has 3 nitrogen and oxygen atoms in total. The van der Waals surface area contributed by atoms with Crippen molar-refractivity contribution < 1.29 is 0 Å². The second kappa shape index (κ2) is 4.68. The molecule has 96 valence electrons. The van der Waals surface area contributed by atoms with Crippen LogP contribution in [0.4, 0.5) is 0 Å². The van der Waals surface area contributed by atoms with Crippen molar-refractivity contribution in [1.29, 1.82) is 0 Å². The lowest BCUT2D eigenvalue weighted by molar-refractivity contribution is 1.05. The molecule has 2 aromatic heterocycles. The topological polar surface area (TPSA) is 43.3 Å². The summed E-state index contributed by atoms with van der Waals surface area (Å²) >= 11 is 6.02. The molecule has 0 saturated heterocycles. The summed E-state index contributed by atoms with van der Waals surface area (Å²) in [5, 5.41) is 0.749. The molecule has 0 amide bonds. The van der Waals surface area contributed by atoms with Crippen molar-refractivity contribution >= 4 is 17.2 Å². The van der Waals surface area contributed by atoms with E-state index < -0.39 is 0 Å². The predicted molar refractivity (Wildman–Crippen MR) is 78.3 cm³/mol. The van der Waals surface area contributed by atoms with Gasteiger partial charge in [-0.1, -0.05) is 17.7 Å². The van der Waals surface area contributed by atoms with E-state index in [1.54, 1.807) is 6.20 Å². The van der Waals surface area contributed by atoms with E-state index in [0.717, 1.165) is 32.9 Å². The zero-order valence-electron chi connectivity index (χ0n) is 10.6. The zero-order valence-corrected chi connectivity index (χ0v) is 11.4. The van der Waals surface area contributed by atoms with Gasteiger partial charge in [0.25, 0.3) is 0 Å². The quantitative estimate of drug-likeness (QED) is 0.776. The number of rotatable bonds is 2. The molecule has 0 atom stereocenters. The Hall–Kier alpha value is -1.84. The van der Waals surface area contributed by atoms with Gasteiger partial charge in [0.15, 0.2) is 0 Å². The Bertz CT molecular complexity index is 746. The van der Waals surface area contributed by atoms with Gasteiger partial charge in [0.1, 0.15) is 5.65 Å². The molecule has 0 bridgehead atoms. The van der Waals surface area contributed by atoms with Crippen LogP contribution in [-0.4, -0.2) is 9.38 Å². The largest absolute Gasteiger partial charge is 0.326 e. The van der Waals surface area contributed by atoms with Crippen LogP contribution in [0.15, 0.2) is 42.9 Å². The third-order valence-corrected chi connectivity index (χ3v) is 3.55. The minimum absolute atomic E-state index is 0.487. The molecule has 2 heterocycles. The summed E-state index contributed by atoms with van der Waals surface area (Å²) in [5.41, 5.74) is 11.3. The van der Waals surface area contributed by atoms with E-state index in [9.17, 15) is 0 Å². The molecule has 19 heavy (non-hydrogen) atoms. The van der Waals surface area contributed by atoms with Crippen LogP contribution in [0.2, 0.25) is 5.02 Å². The lowest BCUT2D eigenvalue weighted by Gasteiger charge is -2.12. The molecule has 3 rings (SSSR count). The minimum atomic E-state index is 0.487. The Morgan fingerprint density at radius 3 is 2.84 bits per heavy atom. The van der Waals surface area contributed by atoms with Gasteiger partial charge >= 0.3 is 0 Å². The van der Waals surface area contributed by atoms with Crippen LogP contribution in [0.5, 0.6) is 0 Å². The van der Waals surface area contributed by atoms with Gasteiger partial charge < -0.3 is 10.1 Å². The number of benzene rings is 1. The Morgan fingerprint density at radius 1 is 1.26 bits per heavy atom. The number of halogens is 1. The van der Waals surface area contributed by atoms with Crippen molar-refractivity contribution in [2.45, 2.75) is 13.5 Å². The van der Waals surface area contributed by atoms with E-state index in [2.05, 4.69) is 18.1 Å². The fourth-order valence-corrected chi connectivity index (χ4v) is 2.57. The molecule has 0 fully saturated rings. The maximum absolute atomic E-state index is 6.02. The van der Waals surface area contributed by atoms with Crippen LogP contribution < -0.4 is 5.73 Å². The lowest BCUT2D eigenvalue weighted by atomic mass is 9.98. The van der Waals surface area contributed by atoms with E-state index in [4.69, 9.17) is 17.3 Å². The average molecular weight is 272 g/mol. The Labute approximate surface area is 116 Å². The highest BCUT2D eigenvalue weighted by molar-refractivity contribution is 6.30. The number of hydrogen-bond donors (Lipinski definition) is 1. The first-order valence-corrected chi connectivity index (χ1v) is 6.49.